The van der Waals surface area contributed by atoms with E-state index in [0.29, 0.717) is 6.42 Å². The van der Waals surface area contributed by atoms with E-state index in [0.717, 1.165) is 22.6 Å². The van der Waals surface area contributed by atoms with Crippen LogP contribution in [-0.4, -0.2) is 23.1 Å². The number of nitrogens with zero attached hydrogens (tertiary/aromatic N) is 2. The molecule has 1 aromatic heterocycles. The van der Waals surface area contributed by atoms with Gasteiger partial charge in [-0.25, -0.2) is 0 Å². The molecule has 1 aromatic rings. The van der Waals surface area contributed by atoms with Crippen LogP contribution in [0.15, 0.2) is 11.4 Å². The van der Waals surface area contributed by atoms with Gasteiger partial charge in [0.15, 0.2) is 0 Å². The summed E-state index contributed by atoms with van der Waals surface area (Å²) in [6, 6.07) is 0. The molecule has 0 atom stereocenters. The van der Waals surface area contributed by atoms with Gasteiger partial charge in [0.05, 0.1) is 19.2 Å². The van der Waals surface area contributed by atoms with Crippen LogP contribution in [-0.2, 0) is 6.42 Å². The Bertz CT molecular complexity index is 388. The summed E-state index contributed by atoms with van der Waals surface area (Å²) in [7, 11) is 1.61. The van der Waals surface area contributed by atoms with Crippen molar-refractivity contribution in [3.63, 3.8) is 0 Å². The monoisotopic (exact) mass is 209 g/mol. The molecule has 0 aromatic carbocycles. The normalized spacial score (nSPS) is 11.5. The Hall–Kier alpha value is -1.78. The first-order valence-corrected chi connectivity index (χ1v) is 4.55. The predicted molar refractivity (Wildman–Crippen MR) is 57.4 cm³/mol. The molecule has 0 amide bonds. The van der Waals surface area contributed by atoms with E-state index in [2.05, 4.69) is 10.1 Å². The van der Waals surface area contributed by atoms with Gasteiger partial charge in [0.1, 0.15) is 11.6 Å². The second-order valence-corrected chi connectivity index (χ2v) is 3.31. The zero-order valence-corrected chi connectivity index (χ0v) is 9.11. The Morgan fingerprint density at radius 1 is 1.60 bits per heavy atom. The van der Waals surface area contributed by atoms with Gasteiger partial charge in [-0.05, 0) is 13.8 Å². The van der Waals surface area contributed by atoms with E-state index in [1.54, 1.807) is 13.3 Å². The fraction of sp³-hybridized carbons (Fsp3) is 0.400. The topological polar surface area (TPSA) is 80.7 Å². The summed E-state index contributed by atoms with van der Waals surface area (Å²) in [6.07, 6.45) is 2.03. The number of ether oxygens (including phenoxy) is 1. The van der Waals surface area contributed by atoms with Crippen LogP contribution in [0.1, 0.15) is 16.8 Å². The van der Waals surface area contributed by atoms with Gasteiger partial charge < -0.3 is 15.7 Å². The fourth-order valence-electron chi connectivity index (χ4n) is 1.46. The van der Waals surface area contributed by atoms with E-state index in [-0.39, 0.29) is 5.84 Å². The van der Waals surface area contributed by atoms with Gasteiger partial charge in [0.25, 0.3) is 0 Å². The van der Waals surface area contributed by atoms with Crippen molar-refractivity contribution >= 4 is 5.84 Å². The highest BCUT2D eigenvalue weighted by atomic mass is 16.5. The molecule has 15 heavy (non-hydrogen) atoms. The summed E-state index contributed by atoms with van der Waals surface area (Å²) in [5.74, 6) is 0.933. The van der Waals surface area contributed by atoms with Crippen LogP contribution >= 0.6 is 0 Å². The molecule has 0 aliphatic rings. The van der Waals surface area contributed by atoms with Gasteiger partial charge in [-0.15, -0.1) is 0 Å². The number of aromatic nitrogens is 1. The summed E-state index contributed by atoms with van der Waals surface area (Å²) in [4.78, 5) is 4.22. The lowest BCUT2D eigenvalue weighted by atomic mass is 10.1. The number of nitrogens with two attached hydrogens (primary N) is 1. The average Bonchev–Trinajstić information content (AvgIpc) is 2.23. The second kappa shape index (κ2) is 4.63. The van der Waals surface area contributed by atoms with Gasteiger partial charge in [-0.2, -0.15) is 0 Å². The van der Waals surface area contributed by atoms with Crippen molar-refractivity contribution in [3.05, 3.63) is 23.0 Å². The molecular weight excluding hydrogens is 194 g/mol. The lowest BCUT2D eigenvalue weighted by Crippen LogP contribution is -2.16. The van der Waals surface area contributed by atoms with Crippen LogP contribution in [0.25, 0.3) is 0 Å². The Kier molecular flexibility index (Phi) is 3.49. The van der Waals surface area contributed by atoms with Crippen molar-refractivity contribution in [1.82, 2.24) is 4.98 Å². The predicted octanol–water partition coefficient (Wildman–Crippen LogP) is 0.996. The van der Waals surface area contributed by atoms with Crippen molar-refractivity contribution in [1.29, 1.82) is 0 Å². The molecular formula is C10H15N3O2. The summed E-state index contributed by atoms with van der Waals surface area (Å²) in [5, 5.41) is 11.4. The van der Waals surface area contributed by atoms with Crippen molar-refractivity contribution in [2.24, 2.45) is 10.9 Å². The maximum Gasteiger partial charge on any atom is 0.145 e. The number of hydrogen-bond donors (Lipinski definition) is 2. The van der Waals surface area contributed by atoms with Crippen LogP contribution in [0.4, 0.5) is 0 Å². The second-order valence-electron chi connectivity index (χ2n) is 3.31. The number of hydrogen-bond acceptors (Lipinski definition) is 4. The van der Waals surface area contributed by atoms with Gasteiger partial charge in [-0.3, -0.25) is 4.98 Å². The molecule has 1 heterocycles. The first-order chi connectivity index (χ1) is 7.10. The van der Waals surface area contributed by atoms with Crippen LogP contribution < -0.4 is 10.5 Å². The summed E-state index contributed by atoms with van der Waals surface area (Å²) < 4.78 is 5.25. The molecule has 3 N–H and O–H groups in total. The van der Waals surface area contributed by atoms with Crippen LogP contribution in [0, 0.1) is 13.8 Å². The molecule has 1 rings (SSSR count). The van der Waals surface area contributed by atoms with Gasteiger partial charge in [-0.1, -0.05) is 5.16 Å². The van der Waals surface area contributed by atoms with Crippen LogP contribution in [0.3, 0.4) is 0 Å². The van der Waals surface area contributed by atoms with Crippen LogP contribution in [0.5, 0.6) is 5.75 Å². The minimum absolute atomic E-state index is 0.136. The lowest BCUT2D eigenvalue weighted by Gasteiger charge is -2.11. The van der Waals surface area contributed by atoms with E-state index in [1.807, 2.05) is 13.8 Å². The molecule has 5 nitrogen and oxygen atoms in total. The van der Waals surface area contributed by atoms with E-state index in [4.69, 9.17) is 15.7 Å². The molecule has 0 fully saturated rings. The smallest absolute Gasteiger partial charge is 0.145 e. The van der Waals surface area contributed by atoms with Crippen molar-refractivity contribution in [2.75, 3.05) is 7.11 Å². The number of rotatable bonds is 3. The summed E-state index contributed by atoms with van der Waals surface area (Å²) in [5.41, 5.74) is 8.07. The van der Waals surface area contributed by atoms with E-state index in [9.17, 15) is 0 Å². The third-order valence-corrected chi connectivity index (χ3v) is 2.23. The molecule has 0 radical (unpaired) electrons. The maximum atomic E-state index is 8.47. The first-order valence-electron chi connectivity index (χ1n) is 4.55. The highest BCUT2D eigenvalue weighted by molar-refractivity contribution is 5.82. The van der Waals surface area contributed by atoms with Crippen molar-refractivity contribution in [3.8, 4) is 5.75 Å². The average molecular weight is 209 g/mol. The van der Waals surface area contributed by atoms with Crippen molar-refractivity contribution < 1.29 is 9.94 Å². The molecule has 0 saturated carbocycles. The fourth-order valence-corrected chi connectivity index (χ4v) is 1.46. The standard InChI is InChI=1S/C10H15N3O2/c1-6-5-12-8(4-9(11)13-14)7(2)10(6)15-3/h5,14H,4H2,1-3H3,(H2,11,13). The lowest BCUT2D eigenvalue weighted by molar-refractivity contribution is 0.317. The Labute approximate surface area is 88.6 Å². The highest BCUT2D eigenvalue weighted by Gasteiger charge is 2.10. The molecule has 0 bridgehead atoms. The number of amidine groups is 1. The highest BCUT2D eigenvalue weighted by Crippen LogP contribution is 2.23. The molecule has 0 spiro atoms. The molecule has 0 aliphatic heterocycles. The van der Waals surface area contributed by atoms with E-state index >= 15 is 0 Å². The van der Waals surface area contributed by atoms with E-state index < -0.39 is 0 Å². The number of methoxy groups -OCH3 is 1. The largest absolute Gasteiger partial charge is 0.496 e. The van der Waals surface area contributed by atoms with Gasteiger partial charge in [0.2, 0.25) is 0 Å². The Balaban J connectivity index is 3.10. The maximum absolute atomic E-state index is 8.47. The number of oxime groups is 1. The Morgan fingerprint density at radius 3 is 2.80 bits per heavy atom. The summed E-state index contributed by atoms with van der Waals surface area (Å²) >= 11 is 0. The number of pyridine rings is 1. The van der Waals surface area contributed by atoms with Gasteiger partial charge in [0, 0.05) is 17.3 Å². The van der Waals surface area contributed by atoms with Crippen LogP contribution in [0.2, 0.25) is 0 Å². The molecule has 0 saturated heterocycles. The quantitative estimate of drug-likeness (QED) is 0.337. The van der Waals surface area contributed by atoms with Gasteiger partial charge >= 0.3 is 0 Å². The minimum Gasteiger partial charge on any atom is -0.496 e. The molecule has 0 unspecified atom stereocenters. The Morgan fingerprint density at radius 2 is 2.27 bits per heavy atom. The number of aryl methyl sites for hydroxylation is 1. The zero-order chi connectivity index (χ0) is 11.4. The summed E-state index contributed by atoms with van der Waals surface area (Å²) in [6.45, 7) is 3.82. The SMILES string of the molecule is COc1c(C)cnc(C/C(N)=N/O)c1C. The molecule has 5 heteroatoms. The molecule has 0 aliphatic carbocycles. The zero-order valence-electron chi connectivity index (χ0n) is 9.11. The third-order valence-electron chi connectivity index (χ3n) is 2.23. The first kappa shape index (κ1) is 11.3. The van der Waals surface area contributed by atoms with Crippen molar-refractivity contribution in [2.45, 2.75) is 20.3 Å². The van der Waals surface area contributed by atoms with E-state index in [1.165, 1.54) is 0 Å². The molecule has 82 valence electrons. The minimum atomic E-state index is 0.136. The third kappa shape index (κ3) is 2.37.